The normalized spacial score (nSPS) is 16.6. The SMILES string of the molecule is Cc1cc(OCCN2CCOCC2)c(F)cc1CC(=O)N1CCc2cc(-c3cc4c(=O)n(-c5cnn(C)c5)c5ccccc5c4n3C)c(C(=O)N3Cc4ccccc4C[C@H]3C)cc2C1. The predicted octanol–water partition coefficient (Wildman–Crippen LogP) is 6.76. The van der Waals surface area contributed by atoms with E-state index >= 15 is 9.18 Å². The average Bonchev–Trinajstić information content (AvgIpc) is 3.89. The zero-order chi connectivity index (χ0) is 44.2. The van der Waals surface area contributed by atoms with Crippen LogP contribution in [0.5, 0.6) is 5.75 Å². The Kier molecular flexibility index (Phi) is 10.9. The molecule has 3 aliphatic rings. The van der Waals surface area contributed by atoms with Crippen LogP contribution in [0.4, 0.5) is 4.39 Å². The third-order valence-electron chi connectivity index (χ3n) is 13.5. The maximum atomic E-state index is 15.4. The Labute approximate surface area is 371 Å². The van der Waals surface area contributed by atoms with Gasteiger partial charge in [0.1, 0.15) is 6.61 Å². The van der Waals surface area contributed by atoms with E-state index in [1.807, 2.05) is 90.1 Å². The van der Waals surface area contributed by atoms with Crippen molar-refractivity contribution in [1.82, 2.24) is 33.6 Å². The molecule has 10 rings (SSSR count). The minimum absolute atomic E-state index is 0.0428. The lowest BCUT2D eigenvalue weighted by atomic mass is 9.89. The summed E-state index contributed by atoms with van der Waals surface area (Å²) in [5, 5.41) is 5.79. The number of hydrogen-bond donors (Lipinski definition) is 0. The van der Waals surface area contributed by atoms with Crippen molar-refractivity contribution in [1.29, 1.82) is 0 Å². The van der Waals surface area contributed by atoms with Crippen molar-refractivity contribution in [2.75, 3.05) is 46.0 Å². The summed E-state index contributed by atoms with van der Waals surface area (Å²) in [6.07, 6.45) is 4.87. The fourth-order valence-electron chi connectivity index (χ4n) is 9.93. The number of aromatic nitrogens is 4. The second kappa shape index (κ2) is 16.9. The van der Waals surface area contributed by atoms with Crippen molar-refractivity contribution in [3.63, 3.8) is 0 Å². The molecule has 0 spiro atoms. The number of nitrogens with zero attached hydrogens (tertiary/aromatic N) is 7. The predicted molar refractivity (Wildman–Crippen MR) is 244 cm³/mol. The first-order valence-corrected chi connectivity index (χ1v) is 22.2. The van der Waals surface area contributed by atoms with Gasteiger partial charge in [-0.25, -0.2) is 4.39 Å². The molecule has 4 aromatic carbocycles. The van der Waals surface area contributed by atoms with Gasteiger partial charge in [0.2, 0.25) is 5.91 Å². The molecule has 7 aromatic rings. The number of rotatable bonds is 9. The van der Waals surface area contributed by atoms with Gasteiger partial charge in [0.05, 0.1) is 47.9 Å². The first-order valence-electron chi connectivity index (χ1n) is 22.2. The number of morpholine rings is 1. The molecule has 12 nitrogen and oxygen atoms in total. The first kappa shape index (κ1) is 41.4. The number of carbonyl (C=O) groups excluding carboxylic acids is 2. The molecule has 0 aliphatic carbocycles. The summed E-state index contributed by atoms with van der Waals surface area (Å²) in [7, 11) is 3.79. The Morgan fingerprint density at radius 2 is 1.67 bits per heavy atom. The van der Waals surface area contributed by atoms with Crippen molar-refractivity contribution >= 4 is 33.6 Å². The minimum Gasteiger partial charge on any atom is -0.489 e. The Hall–Kier alpha value is -6.57. The van der Waals surface area contributed by atoms with Crippen LogP contribution >= 0.6 is 0 Å². The Morgan fingerprint density at radius 1 is 0.891 bits per heavy atom. The largest absolute Gasteiger partial charge is 0.489 e. The van der Waals surface area contributed by atoms with Gasteiger partial charge >= 0.3 is 0 Å². The van der Waals surface area contributed by atoms with Gasteiger partial charge in [-0.15, -0.1) is 0 Å². The van der Waals surface area contributed by atoms with Crippen LogP contribution in [0.2, 0.25) is 0 Å². The summed E-state index contributed by atoms with van der Waals surface area (Å²) >= 11 is 0. The molecular formula is C51H52FN7O5. The van der Waals surface area contributed by atoms with Gasteiger partial charge in [-0.05, 0) is 96.5 Å². The zero-order valence-electron chi connectivity index (χ0n) is 36.8. The minimum atomic E-state index is -0.484. The van der Waals surface area contributed by atoms with E-state index in [0.29, 0.717) is 74.6 Å². The highest BCUT2D eigenvalue weighted by atomic mass is 19.1. The van der Waals surface area contributed by atoms with Crippen LogP contribution in [0, 0.1) is 12.7 Å². The van der Waals surface area contributed by atoms with Gasteiger partial charge in [0.25, 0.3) is 11.5 Å². The summed E-state index contributed by atoms with van der Waals surface area (Å²) in [6, 6.07) is 25.2. The highest BCUT2D eigenvalue weighted by Crippen LogP contribution is 2.37. The fourth-order valence-corrected chi connectivity index (χ4v) is 9.93. The number of hydrogen-bond acceptors (Lipinski definition) is 7. The Morgan fingerprint density at radius 3 is 2.47 bits per heavy atom. The summed E-state index contributed by atoms with van der Waals surface area (Å²) in [4.78, 5) is 49.7. The van der Waals surface area contributed by atoms with E-state index in [2.05, 4.69) is 35.1 Å². The molecule has 1 saturated heterocycles. The van der Waals surface area contributed by atoms with Crippen LogP contribution in [0.15, 0.2) is 96.1 Å². The lowest BCUT2D eigenvalue weighted by Crippen LogP contribution is -2.43. The lowest BCUT2D eigenvalue weighted by Gasteiger charge is -2.36. The number of pyridine rings is 1. The van der Waals surface area contributed by atoms with Crippen molar-refractivity contribution in [2.45, 2.75) is 52.2 Å². The van der Waals surface area contributed by atoms with E-state index in [0.717, 1.165) is 69.4 Å². The molecule has 3 aliphatic heterocycles. The van der Waals surface area contributed by atoms with Crippen LogP contribution in [0.1, 0.15) is 50.7 Å². The molecule has 0 saturated carbocycles. The van der Waals surface area contributed by atoms with Crippen molar-refractivity contribution < 1.29 is 23.5 Å². The van der Waals surface area contributed by atoms with Gasteiger partial charge < -0.3 is 23.8 Å². The molecule has 0 radical (unpaired) electrons. The topological polar surface area (TPSA) is 107 Å². The summed E-state index contributed by atoms with van der Waals surface area (Å²) < 4.78 is 32.1. The van der Waals surface area contributed by atoms with Gasteiger partial charge in [-0.2, -0.15) is 5.10 Å². The van der Waals surface area contributed by atoms with Crippen molar-refractivity contribution in [3.05, 3.63) is 146 Å². The van der Waals surface area contributed by atoms with Gasteiger partial charge in [0, 0.05) is 87.8 Å². The molecule has 0 unspecified atom stereocenters. The molecule has 0 N–H and O–H groups in total. The number of benzene rings is 4. The second-order valence-corrected chi connectivity index (χ2v) is 17.6. The average molecular weight is 862 g/mol. The van der Waals surface area contributed by atoms with E-state index < -0.39 is 5.82 Å². The number of fused-ring (bicyclic) bond motifs is 5. The van der Waals surface area contributed by atoms with Gasteiger partial charge in [0.15, 0.2) is 11.6 Å². The number of aryl methyl sites for hydroxylation is 3. The molecular weight excluding hydrogens is 810 g/mol. The van der Waals surface area contributed by atoms with E-state index in [1.54, 1.807) is 21.5 Å². The highest BCUT2D eigenvalue weighted by Gasteiger charge is 2.32. The van der Waals surface area contributed by atoms with Crippen LogP contribution in [0.3, 0.4) is 0 Å². The number of halogens is 1. The quantitative estimate of drug-likeness (QED) is 0.158. The Bertz CT molecular complexity index is 3030. The van der Waals surface area contributed by atoms with Crippen molar-refractivity contribution in [3.8, 4) is 22.7 Å². The summed E-state index contributed by atoms with van der Waals surface area (Å²) in [5.74, 6) is -0.518. The highest BCUT2D eigenvalue weighted by molar-refractivity contribution is 6.08. The van der Waals surface area contributed by atoms with Gasteiger partial charge in [-0.1, -0.05) is 42.5 Å². The standard InChI is InChI=1S/C51H52FN7O5/c1-32-21-47(64-20-17-56-15-18-63-19-16-56)44(52)25-37(32)26-48(60)57-14-13-35-23-41(42(24-38(35)29-57)50(61)58-30-36-10-6-5-9-34(36)22-33(58)2)46-27-43-49(55(46)4)40-11-7-8-12-45(40)59(51(43)62)39-28-53-54(3)31-39/h5-12,21,23-25,27-28,31,33H,13-20,22,26,29-30H2,1-4H3/t33-/m1/s1. The third-order valence-corrected chi connectivity index (χ3v) is 13.5. The van der Waals surface area contributed by atoms with Crippen molar-refractivity contribution in [2.24, 2.45) is 14.1 Å². The molecule has 1 atom stereocenters. The second-order valence-electron chi connectivity index (χ2n) is 17.6. The maximum absolute atomic E-state index is 15.4. The monoisotopic (exact) mass is 861 g/mol. The zero-order valence-corrected chi connectivity index (χ0v) is 36.8. The smallest absolute Gasteiger partial charge is 0.265 e. The van der Waals surface area contributed by atoms with Crippen LogP contribution in [-0.2, 0) is 56.0 Å². The Balaban J connectivity index is 0.994. The number of amides is 2. The maximum Gasteiger partial charge on any atom is 0.265 e. The molecule has 13 heteroatoms. The van der Waals surface area contributed by atoms with Crippen LogP contribution in [-0.4, -0.2) is 97.5 Å². The number of para-hydroxylation sites is 1. The molecule has 3 aromatic heterocycles. The fraction of sp³-hybridized carbons (Fsp3) is 0.333. The van der Waals surface area contributed by atoms with Crippen LogP contribution in [0.25, 0.3) is 38.8 Å². The first-order chi connectivity index (χ1) is 31.0. The molecule has 328 valence electrons. The van der Waals surface area contributed by atoms with Crippen LogP contribution < -0.4 is 10.3 Å². The molecule has 64 heavy (non-hydrogen) atoms. The van der Waals surface area contributed by atoms with E-state index in [-0.39, 0.29) is 35.6 Å². The molecule has 0 bridgehead atoms. The van der Waals surface area contributed by atoms with E-state index in [4.69, 9.17) is 9.47 Å². The van der Waals surface area contributed by atoms with Gasteiger partial charge in [-0.3, -0.25) is 28.5 Å². The number of carbonyl (C=O) groups is 2. The molecule has 6 heterocycles. The van der Waals surface area contributed by atoms with E-state index in [9.17, 15) is 9.59 Å². The third kappa shape index (κ3) is 7.56. The molecule has 1 fully saturated rings. The lowest BCUT2D eigenvalue weighted by molar-refractivity contribution is -0.131. The van der Waals surface area contributed by atoms with E-state index in [1.165, 1.54) is 11.6 Å². The summed E-state index contributed by atoms with van der Waals surface area (Å²) in [6.45, 7) is 9.31. The molecule has 2 amide bonds. The summed E-state index contributed by atoms with van der Waals surface area (Å²) in [5.41, 5.74) is 9.74. The number of ether oxygens (including phenoxy) is 2.